The lowest BCUT2D eigenvalue weighted by Gasteiger charge is -2.14. The van der Waals surface area contributed by atoms with Gasteiger partial charge in [0.15, 0.2) is 0 Å². The van der Waals surface area contributed by atoms with E-state index in [4.69, 9.17) is 16.3 Å². The van der Waals surface area contributed by atoms with Crippen molar-refractivity contribution in [1.29, 1.82) is 0 Å². The van der Waals surface area contributed by atoms with Crippen molar-refractivity contribution in [3.05, 3.63) is 93.1 Å². The molecule has 0 saturated carbocycles. The molecule has 0 aliphatic carbocycles. The van der Waals surface area contributed by atoms with Gasteiger partial charge in [-0.3, -0.25) is 14.9 Å². The number of pyridine rings is 1. The zero-order chi connectivity index (χ0) is 23.5. The molecule has 0 fully saturated rings. The molecule has 0 saturated heterocycles. The fraction of sp³-hybridized carbons (Fsp3) is 0.0833. The normalized spacial score (nSPS) is 10.6. The zero-order valence-electron chi connectivity index (χ0n) is 17.8. The Morgan fingerprint density at radius 1 is 1.09 bits per heavy atom. The number of fused-ring (bicyclic) bond motifs is 1. The van der Waals surface area contributed by atoms with E-state index in [1.165, 1.54) is 31.5 Å². The Morgan fingerprint density at radius 2 is 1.85 bits per heavy atom. The van der Waals surface area contributed by atoms with Crippen molar-refractivity contribution < 1.29 is 14.5 Å². The number of aryl methyl sites for hydroxylation is 1. The summed E-state index contributed by atoms with van der Waals surface area (Å²) in [4.78, 5) is 28.2. The number of rotatable bonds is 6. The first kappa shape index (κ1) is 22.0. The number of aromatic nitrogens is 1. The molecule has 0 unspecified atom stereocenters. The number of nitrogens with zero attached hydrogens (tertiary/aromatic N) is 2. The van der Waals surface area contributed by atoms with Gasteiger partial charge in [0.25, 0.3) is 11.6 Å². The zero-order valence-corrected chi connectivity index (χ0v) is 18.5. The molecule has 0 bridgehead atoms. The van der Waals surface area contributed by atoms with Crippen molar-refractivity contribution in [2.75, 3.05) is 17.7 Å². The first-order valence-electron chi connectivity index (χ1n) is 9.92. The van der Waals surface area contributed by atoms with Gasteiger partial charge in [0.2, 0.25) is 0 Å². The van der Waals surface area contributed by atoms with E-state index in [1.54, 1.807) is 0 Å². The molecule has 4 aromatic rings. The summed E-state index contributed by atoms with van der Waals surface area (Å²) in [5.41, 5.74) is 2.07. The number of nitro benzene ring substituents is 1. The minimum Gasteiger partial charge on any atom is -0.495 e. The predicted molar refractivity (Wildman–Crippen MR) is 129 cm³/mol. The highest BCUT2D eigenvalue weighted by Gasteiger charge is 2.18. The maximum Gasteiger partial charge on any atom is 0.271 e. The molecule has 1 aromatic heterocycles. The lowest BCUT2D eigenvalue weighted by atomic mass is 10.1. The minimum absolute atomic E-state index is 0.162. The van der Waals surface area contributed by atoms with Crippen LogP contribution >= 0.6 is 11.6 Å². The monoisotopic (exact) mass is 462 g/mol. The molecule has 1 heterocycles. The van der Waals surface area contributed by atoms with E-state index < -0.39 is 10.8 Å². The van der Waals surface area contributed by atoms with Crippen LogP contribution in [0.5, 0.6) is 5.75 Å². The van der Waals surface area contributed by atoms with Crippen LogP contribution in [0.3, 0.4) is 0 Å². The third-order valence-electron chi connectivity index (χ3n) is 5.12. The van der Waals surface area contributed by atoms with Gasteiger partial charge in [-0.25, -0.2) is 4.98 Å². The fourth-order valence-corrected chi connectivity index (χ4v) is 3.56. The van der Waals surface area contributed by atoms with Crippen LogP contribution in [0.2, 0.25) is 5.02 Å². The predicted octanol–water partition coefficient (Wildman–Crippen LogP) is 6.11. The van der Waals surface area contributed by atoms with Gasteiger partial charge in [-0.1, -0.05) is 41.9 Å². The van der Waals surface area contributed by atoms with Gasteiger partial charge >= 0.3 is 0 Å². The molecular weight excluding hydrogens is 444 g/mol. The molecule has 1 amide bonds. The highest BCUT2D eigenvalue weighted by atomic mass is 35.5. The number of amides is 1. The molecule has 0 aliphatic heterocycles. The van der Waals surface area contributed by atoms with Crippen LogP contribution in [0.15, 0.2) is 66.9 Å². The third-order valence-corrected chi connectivity index (χ3v) is 5.52. The molecule has 8 nitrogen and oxygen atoms in total. The molecule has 4 rings (SSSR count). The number of halogens is 1. The molecule has 33 heavy (non-hydrogen) atoms. The first-order chi connectivity index (χ1) is 15.9. The van der Waals surface area contributed by atoms with Crippen LogP contribution < -0.4 is 15.4 Å². The first-order valence-corrected chi connectivity index (χ1v) is 10.3. The lowest BCUT2D eigenvalue weighted by Crippen LogP contribution is -2.14. The Balaban J connectivity index is 1.70. The SMILES string of the molecule is COc1ccc([N+](=O)[O-])cc1NC(=O)c1cnc(Nc2ccc(C)c(Cl)c2)c2ccccc12. The van der Waals surface area contributed by atoms with Crippen molar-refractivity contribution in [3.8, 4) is 5.75 Å². The van der Waals surface area contributed by atoms with Gasteiger partial charge < -0.3 is 15.4 Å². The number of benzene rings is 3. The molecule has 0 spiro atoms. The smallest absolute Gasteiger partial charge is 0.271 e. The Labute approximate surface area is 194 Å². The van der Waals surface area contributed by atoms with Crippen LogP contribution in [0.1, 0.15) is 15.9 Å². The average molecular weight is 463 g/mol. The number of hydrogen-bond acceptors (Lipinski definition) is 6. The van der Waals surface area contributed by atoms with Gasteiger partial charge in [0.05, 0.1) is 23.3 Å². The number of hydrogen-bond donors (Lipinski definition) is 2. The van der Waals surface area contributed by atoms with Crippen molar-refractivity contribution in [1.82, 2.24) is 4.98 Å². The van der Waals surface area contributed by atoms with Crippen LogP contribution in [0.25, 0.3) is 10.8 Å². The standard InChI is InChI=1S/C24H19ClN4O4/c1-14-7-8-15(11-20(14)25)27-23-18-6-4-3-5-17(18)19(13-26-23)24(30)28-21-12-16(29(31)32)9-10-22(21)33-2/h3-13H,1-2H3,(H,26,27)(H,28,30). The van der Waals surface area contributed by atoms with Gasteiger partial charge in [0.1, 0.15) is 11.6 Å². The molecule has 2 N–H and O–H groups in total. The van der Waals surface area contributed by atoms with E-state index in [2.05, 4.69) is 15.6 Å². The van der Waals surface area contributed by atoms with Gasteiger partial charge in [0, 0.05) is 34.4 Å². The highest BCUT2D eigenvalue weighted by Crippen LogP contribution is 2.32. The summed E-state index contributed by atoms with van der Waals surface area (Å²) in [6.07, 6.45) is 1.46. The van der Waals surface area contributed by atoms with Crippen LogP contribution in [0, 0.1) is 17.0 Å². The van der Waals surface area contributed by atoms with Gasteiger partial charge in [-0.2, -0.15) is 0 Å². The topological polar surface area (TPSA) is 106 Å². The number of carbonyl (C=O) groups is 1. The maximum absolute atomic E-state index is 13.1. The quantitative estimate of drug-likeness (QED) is 0.264. The largest absolute Gasteiger partial charge is 0.495 e. The maximum atomic E-state index is 13.1. The Morgan fingerprint density at radius 3 is 2.55 bits per heavy atom. The molecule has 0 atom stereocenters. The number of carbonyl (C=O) groups excluding carboxylic acids is 1. The second-order valence-electron chi connectivity index (χ2n) is 7.25. The van der Waals surface area contributed by atoms with Crippen LogP contribution in [-0.4, -0.2) is 22.9 Å². The van der Waals surface area contributed by atoms with E-state index in [-0.39, 0.29) is 11.4 Å². The number of nitro groups is 1. The van der Waals surface area contributed by atoms with Crippen molar-refractivity contribution in [2.45, 2.75) is 6.92 Å². The Kier molecular flexibility index (Phi) is 6.10. The van der Waals surface area contributed by atoms with Crippen molar-refractivity contribution in [3.63, 3.8) is 0 Å². The Hall–Kier alpha value is -4.17. The Bertz CT molecular complexity index is 1390. The summed E-state index contributed by atoms with van der Waals surface area (Å²) in [6.45, 7) is 1.92. The summed E-state index contributed by atoms with van der Waals surface area (Å²) in [5, 5.41) is 19.1. The molecule has 166 valence electrons. The van der Waals surface area contributed by atoms with Crippen LogP contribution in [0.4, 0.5) is 22.9 Å². The van der Waals surface area contributed by atoms with Crippen molar-refractivity contribution >= 4 is 51.2 Å². The third kappa shape index (κ3) is 4.56. The molecule has 3 aromatic carbocycles. The molecular formula is C24H19ClN4O4. The molecule has 0 aliphatic rings. The van der Waals surface area contributed by atoms with Gasteiger partial charge in [-0.05, 0) is 36.1 Å². The van der Waals surface area contributed by atoms with Gasteiger partial charge in [-0.15, -0.1) is 0 Å². The van der Waals surface area contributed by atoms with E-state index in [9.17, 15) is 14.9 Å². The summed E-state index contributed by atoms with van der Waals surface area (Å²) in [6, 6.07) is 16.9. The fourth-order valence-electron chi connectivity index (χ4n) is 3.38. The average Bonchev–Trinajstić information content (AvgIpc) is 2.81. The lowest BCUT2D eigenvalue weighted by molar-refractivity contribution is -0.384. The van der Waals surface area contributed by atoms with E-state index in [0.717, 1.165) is 16.6 Å². The second kappa shape index (κ2) is 9.13. The number of nitrogens with one attached hydrogen (secondary N) is 2. The van der Waals surface area contributed by atoms with Crippen LogP contribution in [-0.2, 0) is 0 Å². The summed E-state index contributed by atoms with van der Waals surface area (Å²) in [7, 11) is 1.42. The van der Waals surface area contributed by atoms with Crippen molar-refractivity contribution in [2.24, 2.45) is 0 Å². The number of ether oxygens (including phenoxy) is 1. The number of non-ortho nitro benzene ring substituents is 1. The highest BCUT2D eigenvalue weighted by molar-refractivity contribution is 6.31. The number of methoxy groups -OCH3 is 1. The molecule has 0 radical (unpaired) electrons. The second-order valence-corrected chi connectivity index (χ2v) is 7.66. The van der Waals surface area contributed by atoms with E-state index in [0.29, 0.717) is 27.5 Å². The van der Waals surface area contributed by atoms with E-state index in [1.807, 2.05) is 49.4 Å². The van der Waals surface area contributed by atoms with E-state index >= 15 is 0 Å². The summed E-state index contributed by atoms with van der Waals surface area (Å²) in [5.74, 6) is 0.401. The summed E-state index contributed by atoms with van der Waals surface area (Å²) < 4.78 is 5.23. The minimum atomic E-state index is -0.538. The summed E-state index contributed by atoms with van der Waals surface area (Å²) >= 11 is 6.23. The number of anilines is 3. The molecule has 9 heteroatoms.